The number of hydrogen-bond acceptors (Lipinski definition) is 1. The third-order valence-electron chi connectivity index (χ3n) is 4.22. The maximum absolute atomic E-state index is 12.9. The van der Waals surface area contributed by atoms with Crippen molar-refractivity contribution in [1.82, 2.24) is 5.32 Å². The highest BCUT2D eigenvalue weighted by Gasteiger charge is 2.36. The molecular formula is C20H25NO. The van der Waals surface area contributed by atoms with Crippen molar-refractivity contribution < 1.29 is 4.79 Å². The summed E-state index contributed by atoms with van der Waals surface area (Å²) < 4.78 is 0. The molecule has 2 heteroatoms. The van der Waals surface area contributed by atoms with Gasteiger partial charge in [-0.3, -0.25) is 4.79 Å². The lowest BCUT2D eigenvalue weighted by Crippen LogP contribution is -2.43. The largest absolute Gasteiger partial charge is 0.355 e. The molecule has 0 saturated heterocycles. The quantitative estimate of drug-likeness (QED) is 0.758. The third-order valence-corrected chi connectivity index (χ3v) is 4.22. The Labute approximate surface area is 133 Å². The SMILES string of the molecule is CCCCCNC(=O)C(C)(c1ccccc1)c1ccccc1. The Morgan fingerprint density at radius 2 is 1.41 bits per heavy atom. The molecule has 0 aliphatic heterocycles. The van der Waals surface area contributed by atoms with Crippen LogP contribution in [0.3, 0.4) is 0 Å². The van der Waals surface area contributed by atoms with Gasteiger partial charge in [0.1, 0.15) is 0 Å². The minimum absolute atomic E-state index is 0.0704. The molecule has 0 unspecified atom stereocenters. The van der Waals surface area contributed by atoms with Crippen LogP contribution in [-0.4, -0.2) is 12.5 Å². The van der Waals surface area contributed by atoms with Crippen LogP contribution in [0.2, 0.25) is 0 Å². The molecule has 0 heterocycles. The van der Waals surface area contributed by atoms with Gasteiger partial charge in [0.05, 0.1) is 5.41 Å². The highest BCUT2D eigenvalue weighted by Crippen LogP contribution is 2.32. The number of carbonyl (C=O) groups is 1. The van der Waals surface area contributed by atoms with E-state index in [4.69, 9.17) is 0 Å². The Balaban J connectivity index is 2.28. The molecule has 0 saturated carbocycles. The lowest BCUT2D eigenvalue weighted by atomic mass is 9.75. The summed E-state index contributed by atoms with van der Waals surface area (Å²) in [6.07, 6.45) is 3.33. The molecule has 2 aromatic rings. The predicted molar refractivity (Wildman–Crippen MR) is 91.9 cm³/mol. The molecule has 0 atom stereocenters. The van der Waals surface area contributed by atoms with E-state index in [-0.39, 0.29) is 5.91 Å². The van der Waals surface area contributed by atoms with E-state index in [1.165, 1.54) is 0 Å². The molecule has 1 N–H and O–H groups in total. The van der Waals surface area contributed by atoms with Crippen LogP contribution >= 0.6 is 0 Å². The van der Waals surface area contributed by atoms with Crippen molar-refractivity contribution in [1.29, 1.82) is 0 Å². The molecule has 0 bridgehead atoms. The third kappa shape index (κ3) is 3.56. The Bertz CT molecular complexity index is 538. The maximum Gasteiger partial charge on any atom is 0.234 e. The molecule has 0 aliphatic carbocycles. The van der Waals surface area contributed by atoms with Crippen molar-refractivity contribution in [3.8, 4) is 0 Å². The van der Waals surface area contributed by atoms with Gasteiger partial charge in [-0.2, -0.15) is 0 Å². The van der Waals surface area contributed by atoms with Crippen LogP contribution in [-0.2, 0) is 10.2 Å². The summed E-state index contributed by atoms with van der Waals surface area (Å²) >= 11 is 0. The first kappa shape index (κ1) is 16.3. The number of hydrogen-bond donors (Lipinski definition) is 1. The van der Waals surface area contributed by atoms with Crippen LogP contribution in [0.15, 0.2) is 60.7 Å². The van der Waals surface area contributed by atoms with Gasteiger partial charge in [-0.05, 0) is 24.5 Å². The summed E-state index contributed by atoms with van der Waals surface area (Å²) in [5.41, 5.74) is 1.39. The predicted octanol–water partition coefficient (Wildman–Crippen LogP) is 4.30. The number of rotatable bonds is 7. The van der Waals surface area contributed by atoms with E-state index >= 15 is 0 Å². The average Bonchev–Trinajstić information content (AvgIpc) is 2.59. The molecule has 2 nitrogen and oxygen atoms in total. The van der Waals surface area contributed by atoms with Crippen molar-refractivity contribution in [2.45, 2.75) is 38.5 Å². The average molecular weight is 295 g/mol. The molecule has 116 valence electrons. The molecule has 0 spiro atoms. The van der Waals surface area contributed by atoms with Gasteiger partial charge in [0.25, 0.3) is 0 Å². The van der Waals surface area contributed by atoms with E-state index in [1.54, 1.807) is 0 Å². The summed E-state index contributed by atoms with van der Waals surface area (Å²) in [6, 6.07) is 20.0. The van der Waals surface area contributed by atoms with Crippen LogP contribution in [0, 0.1) is 0 Å². The number of benzene rings is 2. The second-order valence-electron chi connectivity index (χ2n) is 5.82. The highest BCUT2D eigenvalue weighted by molar-refractivity contribution is 5.91. The number of unbranched alkanes of at least 4 members (excludes halogenated alkanes) is 2. The number of amides is 1. The fourth-order valence-electron chi connectivity index (χ4n) is 2.73. The van der Waals surface area contributed by atoms with Crippen molar-refractivity contribution in [3.05, 3.63) is 71.8 Å². The topological polar surface area (TPSA) is 29.1 Å². The zero-order valence-electron chi connectivity index (χ0n) is 13.5. The first-order valence-corrected chi connectivity index (χ1v) is 8.09. The lowest BCUT2D eigenvalue weighted by Gasteiger charge is -2.29. The van der Waals surface area contributed by atoms with Crippen molar-refractivity contribution in [3.63, 3.8) is 0 Å². The van der Waals surface area contributed by atoms with Crippen molar-refractivity contribution in [2.75, 3.05) is 6.54 Å². The molecule has 0 aromatic heterocycles. The normalized spacial score (nSPS) is 11.2. The smallest absolute Gasteiger partial charge is 0.234 e. The van der Waals surface area contributed by atoms with E-state index in [0.717, 1.165) is 36.9 Å². The standard InChI is InChI=1S/C20H25NO/c1-3-4-11-16-21-19(22)20(2,17-12-7-5-8-13-17)18-14-9-6-10-15-18/h5-10,12-15H,3-4,11,16H2,1-2H3,(H,21,22). The molecule has 0 aliphatic rings. The first-order valence-electron chi connectivity index (χ1n) is 8.09. The van der Waals surface area contributed by atoms with Crippen LogP contribution in [0.25, 0.3) is 0 Å². The van der Waals surface area contributed by atoms with Gasteiger partial charge in [-0.25, -0.2) is 0 Å². The minimum atomic E-state index is -0.658. The Morgan fingerprint density at radius 3 is 1.86 bits per heavy atom. The minimum Gasteiger partial charge on any atom is -0.355 e. The van der Waals surface area contributed by atoms with E-state index < -0.39 is 5.41 Å². The van der Waals surface area contributed by atoms with Crippen molar-refractivity contribution in [2.24, 2.45) is 0 Å². The van der Waals surface area contributed by atoms with E-state index in [1.807, 2.05) is 67.6 Å². The van der Waals surface area contributed by atoms with Gasteiger partial charge >= 0.3 is 0 Å². The van der Waals surface area contributed by atoms with Crippen LogP contribution in [0.4, 0.5) is 0 Å². The zero-order valence-corrected chi connectivity index (χ0v) is 13.5. The van der Waals surface area contributed by atoms with E-state index in [0.29, 0.717) is 0 Å². The second-order valence-corrected chi connectivity index (χ2v) is 5.82. The van der Waals surface area contributed by atoms with Crippen LogP contribution in [0.5, 0.6) is 0 Å². The summed E-state index contributed by atoms with van der Waals surface area (Å²) in [4.78, 5) is 12.9. The highest BCUT2D eigenvalue weighted by atomic mass is 16.2. The van der Waals surface area contributed by atoms with Gasteiger partial charge < -0.3 is 5.32 Å². The Hall–Kier alpha value is -2.09. The molecule has 22 heavy (non-hydrogen) atoms. The van der Waals surface area contributed by atoms with Crippen molar-refractivity contribution >= 4 is 5.91 Å². The summed E-state index contributed by atoms with van der Waals surface area (Å²) in [5.74, 6) is 0.0704. The molecule has 1 amide bonds. The molecular weight excluding hydrogens is 270 g/mol. The first-order chi connectivity index (χ1) is 10.7. The van der Waals surface area contributed by atoms with Gasteiger partial charge in [-0.1, -0.05) is 80.4 Å². The molecule has 0 radical (unpaired) electrons. The van der Waals surface area contributed by atoms with Gasteiger partial charge in [0.15, 0.2) is 0 Å². The maximum atomic E-state index is 12.9. The van der Waals surface area contributed by atoms with Gasteiger partial charge in [0.2, 0.25) is 5.91 Å². The fraction of sp³-hybridized carbons (Fsp3) is 0.350. The van der Waals surface area contributed by atoms with Gasteiger partial charge in [0, 0.05) is 6.54 Å². The monoisotopic (exact) mass is 295 g/mol. The van der Waals surface area contributed by atoms with Crippen LogP contribution in [0.1, 0.15) is 44.2 Å². The lowest BCUT2D eigenvalue weighted by molar-refractivity contribution is -0.124. The zero-order chi connectivity index (χ0) is 15.8. The second kappa shape index (κ2) is 7.79. The number of carbonyl (C=O) groups excluding carboxylic acids is 1. The summed E-state index contributed by atoms with van der Waals surface area (Å²) in [7, 11) is 0. The number of nitrogens with one attached hydrogen (secondary N) is 1. The fourth-order valence-corrected chi connectivity index (χ4v) is 2.73. The molecule has 2 rings (SSSR count). The van der Waals surface area contributed by atoms with Crippen LogP contribution < -0.4 is 5.32 Å². The summed E-state index contributed by atoms with van der Waals surface area (Å²) in [6.45, 7) is 4.91. The Morgan fingerprint density at radius 1 is 0.909 bits per heavy atom. The molecule has 0 fully saturated rings. The van der Waals surface area contributed by atoms with Gasteiger partial charge in [-0.15, -0.1) is 0 Å². The van der Waals surface area contributed by atoms with E-state index in [9.17, 15) is 4.79 Å². The summed E-state index contributed by atoms with van der Waals surface area (Å²) in [5, 5.41) is 3.12. The Kier molecular flexibility index (Phi) is 5.76. The molecule has 2 aromatic carbocycles. The van der Waals surface area contributed by atoms with E-state index in [2.05, 4.69) is 12.2 Å².